The number of nitrogens with zero attached hydrogens (tertiary/aromatic N) is 1. The molecule has 9 heteroatoms. The molecular formula is C18H18N4O4S. The van der Waals surface area contributed by atoms with Crippen molar-refractivity contribution in [3.8, 4) is 0 Å². The van der Waals surface area contributed by atoms with Gasteiger partial charge in [-0.2, -0.15) is 0 Å². The number of sulfonamides is 1. The second kappa shape index (κ2) is 6.07. The van der Waals surface area contributed by atoms with Gasteiger partial charge in [0.25, 0.3) is 11.8 Å². The van der Waals surface area contributed by atoms with E-state index in [0.29, 0.717) is 41.0 Å². The van der Waals surface area contributed by atoms with Gasteiger partial charge in [0.1, 0.15) is 0 Å². The Kier molecular flexibility index (Phi) is 3.93. The van der Waals surface area contributed by atoms with E-state index in [9.17, 15) is 18.0 Å². The van der Waals surface area contributed by atoms with Crippen LogP contribution >= 0.6 is 0 Å². The number of rotatable bonds is 3. The molecule has 140 valence electrons. The Morgan fingerprint density at radius 3 is 2.74 bits per heavy atom. The summed E-state index contributed by atoms with van der Waals surface area (Å²) >= 11 is 0. The molecule has 3 N–H and O–H groups in total. The summed E-state index contributed by atoms with van der Waals surface area (Å²) in [5.41, 5.74) is 3.57. The Morgan fingerprint density at radius 1 is 1.22 bits per heavy atom. The Hall–Kier alpha value is -2.91. The lowest BCUT2D eigenvalue weighted by atomic mass is 9.99. The molecule has 0 spiro atoms. The minimum absolute atomic E-state index is 0.0594. The van der Waals surface area contributed by atoms with Gasteiger partial charge in [-0.1, -0.05) is 0 Å². The maximum absolute atomic E-state index is 12.4. The molecule has 0 fully saturated rings. The number of benzene rings is 1. The molecule has 1 aromatic heterocycles. The van der Waals surface area contributed by atoms with Crippen molar-refractivity contribution in [1.82, 2.24) is 14.6 Å². The van der Waals surface area contributed by atoms with Crippen molar-refractivity contribution in [3.05, 3.63) is 46.8 Å². The molecule has 4 rings (SSSR count). The number of carbonyl (C=O) groups excluding carboxylic acids is 2. The average molecular weight is 386 g/mol. The predicted molar refractivity (Wildman–Crippen MR) is 101 cm³/mol. The lowest BCUT2D eigenvalue weighted by molar-refractivity contribution is -0.110. The topological polar surface area (TPSA) is 111 Å². The highest BCUT2D eigenvalue weighted by Crippen LogP contribution is 2.35. The van der Waals surface area contributed by atoms with Gasteiger partial charge in [-0.25, -0.2) is 13.1 Å². The van der Waals surface area contributed by atoms with Crippen molar-refractivity contribution < 1.29 is 18.0 Å². The number of nitrogens with one attached hydrogen (secondary N) is 3. The molecule has 2 amide bonds. The summed E-state index contributed by atoms with van der Waals surface area (Å²) in [6, 6.07) is 4.49. The first-order valence-corrected chi connectivity index (χ1v) is 9.87. The summed E-state index contributed by atoms with van der Waals surface area (Å²) in [7, 11) is -0.539. The molecule has 0 unspecified atom stereocenters. The second-order valence-electron chi connectivity index (χ2n) is 6.50. The molecule has 2 aliphatic heterocycles. The molecule has 8 nitrogen and oxygen atoms in total. The summed E-state index contributed by atoms with van der Waals surface area (Å²) in [5.74, 6) is -0.373. The molecular weight excluding hydrogens is 368 g/mol. The fourth-order valence-corrected chi connectivity index (χ4v) is 4.14. The number of likely N-dealkylation sites (N-methyl/N-ethyl adjacent to an activating group) is 1. The summed E-state index contributed by atoms with van der Waals surface area (Å²) in [6.07, 6.45) is 4.01. The van der Waals surface area contributed by atoms with Crippen LogP contribution in [0.3, 0.4) is 0 Å². The number of H-pyrrole nitrogens is 1. The average Bonchev–Trinajstić information content (AvgIpc) is 3.19. The minimum atomic E-state index is -3.62. The highest BCUT2D eigenvalue weighted by Gasteiger charge is 2.29. The van der Waals surface area contributed by atoms with E-state index in [-0.39, 0.29) is 16.7 Å². The Balaban J connectivity index is 1.81. The summed E-state index contributed by atoms with van der Waals surface area (Å²) in [4.78, 5) is 29.5. The van der Waals surface area contributed by atoms with E-state index in [1.165, 1.54) is 19.2 Å². The normalized spacial score (nSPS) is 17.9. The van der Waals surface area contributed by atoms with Gasteiger partial charge in [-0.15, -0.1) is 0 Å². The molecule has 2 aromatic rings. The van der Waals surface area contributed by atoms with Gasteiger partial charge < -0.3 is 15.2 Å². The van der Waals surface area contributed by atoms with Crippen LogP contribution in [0.4, 0.5) is 5.69 Å². The lowest BCUT2D eigenvalue weighted by Crippen LogP contribution is -2.33. The van der Waals surface area contributed by atoms with Crippen LogP contribution in [0, 0.1) is 0 Å². The Bertz CT molecular complexity index is 1110. The second-order valence-corrected chi connectivity index (χ2v) is 8.38. The standard InChI is InChI=1S/C18H18N4O4S/c1-19-27(25,26)10-3-4-15-12(7-10)13(17(23)21-15)8-16-11-5-6-22(2)18(24)14(11)9-20-16/h3-4,7-9,19-20H,5-6H2,1-2H3,(H,21,23). The van der Waals surface area contributed by atoms with Crippen molar-refractivity contribution in [3.63, 3.8) is 0 Å². The zero-order valence-electron chi connectivity index (χ0n) is 14.8. The molecule has 27 heavy (non-hydrogen) atoms. The van der Waals surface area contributed by atoms with E-state index in [0.717, 1.165) is 5.56 Å². The number of fused-ring (bicyclic) bond motifs is 2. The van der Waals surface area contributed by atoms with E-state index < -0.39 is 10.0 Å². The van der Waals surface area contributed by atoms with Gasteiger partial charge in [0, 0.05) is 36.7 Å². The highest BCUT2D eigenvalue weighted by molar-refractivity contribution is 7.89. The van der Waals surface area contributed by atoms with E-state index >= 15 is 0 Å². The molecule has 0 bridgehead atoms. The molecule has 3 heterocycles. The third-order valence-corrected chi connectivity index (χ3v) is 6.35. The summed E-state index contributed by atoms with van der Waals surface area (Å²) in [5, 5.41) is 2.74. The Labute approximate surface area is 156 Å². The monoisotopic (exact) mass is 386 g/mol. The highest BCUT2D eigenvalue weighted by atomic mass is 32.2. The molecule has 1 aromatic carbocycles. The maximum Gasteiger partial charge on any atom is 0.256 e. The van der Waals surface area contributed by atoms with Crippen molar-refractivity contribution >= 4 is 39.2 Å². The number of aromatic nitrogens is 1. The third-order valence-electron chi connectivity index (χ3n) is 4.94. The van der Waals surface area contributed by atoms with Gasteiger partial charge in [-0.05, 0) is 43.3 Å². The number of hydrogen-bond donors (Lipinski definition) is 3. The molecule has 0 atom stereocenters. The summed E-state index contributed by atoms with van der Waals surface area (Å²) in [6.45, 7) is 0.604. The molecule has 0 radical (unpaired) electrons. The SMILES string of the molecule is CNS(=O)(=O)c1ccc2c(c1)C(=Cc1[nH]cc3c1CCN(C)C3=O)C(=O)N2. The Morgan fingerprint density at radius 2 is 2.00 bits per heavy atom. The fourth-order valence-electron chi connectivity index (χ4n) is 3.38. The molecule has 0 saturated heterocycles. The van der Waals surface area contributed by atoms with Crippen molar-refractivity contribution in [2.24, 2.45) is 0 Å². The molecule has 2 aliphatic rings. The van der Waals surface area contributed by atoms with Crippen LogP contribution in [0.25, 0.3) is 11.6 Å². The van der Waals surface area contributed by atoms with Crippen LogP contribution in [0.5, 0.6) is 0 Å². The number of aromatic amines is 1. The molecule has 0 aliphatic carbocycles. The van der Waals surface area contributed by atoms with E-state index in [2.05, 4.69) is 15.0 Å². The quantitative estimate of drug-likeness (QED) is 0.685. The maximum atomic E-state index is 12.4. The zero-order chi connectivity index (χ0) is 19.3. The summed E-state index contributed by atoms with van der Waals surface area (Å²) < 4.78 is 26.4. The van der Waals surface area contributed by atoms with Crippen LogP contribution < -0.4 is 10.0 Å². The van der Waals surface area contributed by atoms with Gasteiger partial charge in [0.2, 0.25) is 10.0 Å². The van der Waals surface area contributed by atoms with Crippen LogP contribution in [-0.2, 0) is 21.2 Å². The van der Waals surface area contributed by atoms with Crippen molar-refractivity contribution in [2.45, 2.75) is 11.3 Å². The number of hydrogen-bond acceptors (Lipinski definition) is 4. The van der Waals surface area contributed by atoms with Gasteiger partial charge >= 0.3 is 0 Å². The van der Waals surface area contributed by atoms with Gasteiger partial charge in [-0.3, -0.25) is 9.59 Å². The third kappa shape index (κ3) is 2.75. The molecule has 0 saturated carbocycles. The van der Waals surface area contributed by atoms with Gasteiger partial charge in [0.15, 0.2) is 0 Å². The van der Waals surface area contributed by atoms with Crippen LogP contribution in [0.15, 0.2) is 29.3 Å². The first-order chi connectivity index (χ1) is 12.8. The number of anilines is 1. The smallest absolute Gasteiger partial charge is 0.256 e. The van der Waals surface area contributed by atoms with Gasteiger partial charge in [0.05, 0.1) is 16.0 Å². The van der Waals surface area contributed by atoms with Crippen LogP contribution in [0.1, 0.15) is 27.2 Å². The fraction of sp³-hybridized carbons (Fsp3) is 0.222. The first-order valence-electron chi connectivity index (χ1n) is 8.38. The van der Waals surface area contributed by atoms with E-state index in [1.807, 2.05) is 0 Å². The van der Waals surface area contributed by atoms with E-state index in [1.54, 1.807) is 30.3 Å². The van der Waals surface area contributed by atoms with Crippen molar-refractivity contribution in [2.75, 3.05) is 26.0 Å². The van der Waals surface area contributed by atoms with E-state index in [4.69, 9.17) is 0 Å². The number of amides is 2. The number of carbonyl (C=O) groups is 2. The predicted octanol–water partition coefficient (Wildman–Crippen LogP) is 1.04. The minimum Gasteiger partial charge on any atom is -0.361 e. The largest absolute Gasteiger partial charge is 0.361 e. The van der Waals surface area contributed by atoms with Crippen molar-refractivity contribution in [1.29, 1.82) is 0 Å². The van der Waals surface area contributed by atoms with Crippen LogP contribution in [0.2, 0.25) is 0 Å². The first kappa shape index (κ1) is 17.5. The zero-order valence-corrected chi connectivity index (χ0v) is 15.6. The van der Waals surface area contributed by atoms with Crippen LogP contribution in [-0.4, -0.2) is 50.8 Å². The lowest BCUT2D eigenvalue weighted by Gasteiger charge is -2.22.